The van der Waals surface area contributed by atoms with Gasteiger partial charge in [-0.15, -0.1) is 0 Å². The molecule has 0 saturated heterocycles. The summed E-state index contributed by atoms with van der Waals surface area (Å²) in [7, 11) is 0. The third kappa shape index (κ3) is 5.77. The Kier molecular flexibility index (Phi) is 7.95. The number of carbonyl (C=O) groups is 3. The normalized spacial score (nSPS) is 11.6. The third-order valence-corrected chi connectivity index (χ3v) is 4.91. The van der Waals surface area contributed by atoms with Crippen molar-refractivity contribution in [3.63, 3.8) is 0 Å². The molecule has 0 aliphatic carbocycles. The summed E-state index contributed by atoms with van der Waals surface area (Å²) in [6.45, 7) is 3.39. The zero-order valence-corrected chi connectivity index (χ0v) is 17.4. The molecule has 2 aromatic rings. The van der Waals surface area contributed by atoms with E-state index >= 15 is 0 Å². The minimum atomic E-state index is -0.830. The maximum Gasteiger partial charge on any atom is 0.273 e. The number of hydrogen-bond donors (Lipinski definition) is 3. The summed E-state index contributed by atoms with van der Waals surface area (Å²) in [5.74, 6) is 0.215. The first-order chi connectivity index (χ1) is 13.3. The first-order valence-electron chi connectivity index (χ1n) is 8.55. The molecule has 1 aromatic carbocycles. The molecule has 9 heteroatoms. The number of benzene rings is 1. The molecule has 150 valence electrons. The maximum absolute atomic E-state index is 12.5. The molecule has 3 N–H and O–H groups in total. The minimum absolute atomic E-state index is 0.277. The van der Waals surface area contributed by atoms with E-state index in [4.69, 9.17) is 16.0 Å². The number of nitrogens with one attached hydrogen (secondary N) is 3. The molecule has 0 saturated carbocycles. The lowest BCUT2D eigenvalue weighted by atomic mass is 10.1. The third-order valence-electron chi connectivity index (χ3n) is 3.94. The van der Waals surface area contributed by atoms with Gasteiger partial charge in [-0.3, -0.25) is 25.2 Å². The largest absolute Gasteiger partial charge is 0.466 e. The number of rotatable bonds is 7. The van der Waals surface area contributed by atoms with E-state index in [0.29, 0.717) is 34.3 Å². The second-order valence-corrected chi connectivity index (χ2v) is 7.45. The van der Waals surface area contributed by atoms with Crippen LogP contribution in [-0.2, 0) is 4.79 Å². The second kappa shape index (κ2) is 10.2. The Hall–Kier alpha value is -2.45. The predicted octanol–water partition coefficient (Wildman–Crippen LogP) is 2.86. The number of hydrogen-bond acceptors (Lipinski definition) is 5. The molecule has 0 aliphatic heterocycles. The summed E-state index contributed by atoms with van der Waals surface area (Å²) in [4.78, 5) is 37.2. The Morgan fingerprint density at radius 2 is 1.82 bits per heavy atom. The first kappa shape index (κ1) is 21.8. The highest BCUT2D eigenvalue weighted by Crippen LogP contribution is 2.15. The Morgan fingerprint density at radius 3 is 2.43 bits per heavy atom. The van der Waals surface area contributed by atoms with Crippen LogP contribution in [0.25, 0.3) is 0 Å². The lowest BCUT2D eigenvalue weighted by Crippen LogP contribution is -2.52. The predicted molar refractivity (Wildman–Crippen MR) is 109 cm³/mol. The highest BCUT2D eigenvalue weighted by atomic mass is 35.5. The van der Waals surface area contributed by atoms with Gasteiger partial charge in [0.2, 0.25) is 0 Å². The SMILES string of the molecule is CSCC[C@H](NC(=O)c1ccccc1Cl)C(=O)NNC(=O)c1cc(C)oc1C. The van der Waals surface area contributed by atoms with Crippen molar-refractivity contribution in [1.82, 2.24) is 16.2 Å². The van der Waals surface area contributed by atoms with Crippen molar-refractivity contribution in [3.8, 4) is 0 Å². The highest BCUT2D eigenvalue weighted by molar-refractivity contribution is 7.98. The minimum Gasteiger partial charge on any atom is -0.466 e. The van der Waals surface area contributed by atoms with Gasteiger partial charge in [0.1, 0.15) is 17.6 Å². The molecule has 0 fully saturated rings. The lowest BCUT2D eigenvalue weighted by molar-refractivity contribution is -0.123. The van der Waals surface area contributed by atoms with Crippen LogP contribution in [-0.4, -0.2) is 35.8 Å². The van der Waals surface area contributed by atoms with Crippen LogP contribution < -0.4 is 16.2 Å². The van der Waals surface area contributed by atoms with E-state index in [-0.39, 0.29) is 5.56 Å². The van der Waals surface area contributed by atoms with E-state index in [1.54, 1.807) is 55.9 Å². The average molecular weight is 424 g/mol. The highest BCUT2D eigenvalue weighted by Gasteiger charge is 2.23. The van der Waals surface area contributed by atoms with Gasteiger partial charge in [0.05, 0.1) is 16.1 Å². The van der Waals surface area contributed by atoms with Crippen LogP contribution >= 0.6 is 23.4 Å². The van der Waals surface area contributed by atoms with Crippen LogP contribution in [0.15, 0.2) is 34.7 Å². The molecular formula is C19H22ClN3O4S. The summed E-state index contributed by atoms with van der Waals surface area (Å²) in [6, 6.07) is 7.33. The van der Waals surface area contributed by atoms with Gasteiger partial charge in [0, 0.05) is 0 Å². The molecular weight excluding hydrogens is 402 g/mol. The molecule has 2 rings (SSSR count). The monoisotopic (exact) mass is 423 g/mol. The molecule has 0 unspecified atom stereocenters. The molecule has 1 aromatic heterocycles. The number of hydrazine groups is 1. The lowest BCUT2D eigenvalue weighted by Gasteiger charge is -2.18. The molecule has 1 heterocycles. The van der Waals surface area contributed by atoms with Gasteiger partial charge in [-0.25, -0.2) is 0 Å². The Morgan fingerprint density at radius 1 is 1.11 bits per heavy atom. The fraction of sp³-hybridized carbons (Fsp3) is 0.316. The fourth-order valence-corrected chi connectivity index (χ4v) is 3.21. The van der Waals surface area contributed by atoms with E-state index < -0.39 is 23.8 Å². The average Bonchev–Trinajstić information content (AvgIpc) is 3.01. The van der Waals surface area contributed by atoms with Crippen molar-refractivity contribution in [2.75, 3.05) is 12.0 Å². The van der Waals surface area contributed by atoms with Gasteiger partial charge in [-0.05, 0) is 50.5 Å². The second-order valence-electron chi connectivity index (χ2n) is 6.06. The van der Waals surface area contributed by atoms with Gasteiger partial charge < -0.3 is 9.73 Å². The van der Waals surface area contributed by atoms with Crippen molar-refractivity contribution < 1.29 is 18.8 Å². The number of thioether (sulfide) groups is 1. The van der Waals surface area contributed by atoms with E-state index in [1.807, 2.05) is 6.26 Å². The molecule has 0 bridgehead atoms. The molecule has 0 aliphatic rings. The number of aryl methyl sites for hydroxylation is 2. The summed E-state index contributed by atoms with van der Waals surface area (Å²) in [5, 5.41) is 2.96. The molecule has 7 nitrogen and oxygen atoms in total. The van der Waals surface area contributed by atoms with Crippen molar-refractivity contribution in [2.24, 2.45) is 0 Å². The Labute approximate surface area is 172 Å². The van der Waals surface area contributed by atoms with Gasteiger partial charge in [0.25, 0.3) is 17.7 Å². The van der Waals surface area contributed by atoms with Crippen LogP contribution in [0.5, 0.6) is 0 Å². The summed E-state index contributed by atoms with van der Waals surface area (Å²) in [5.41, 5.74) is 5.32. The maximum atomic E-state index is 12.5. The van der Waals surface area contributed by atoms with Gasteiger partial charge in [-0.1, -0.05) is 23.7 Å². The molecule has 3 amide bonds. The number of furan rings is 1. The molecule has 0 spiro atoms. The fourth-order valence-electron chi connectivity index (χ4n) is 2.51. The van der Waals surface area contributed by atoms with Gasteiger partial charge in [-0.2, -0.15) is 11.8 Å². The van der Waals surface area contributed by atoms with E-state index in [9.17, 15) is 14.4 Å². The smallest absolute Gasteiger partial charge is 0.273 e. The molecule has 1 atom stereocenters. The quantitative estimate of drug-likeness (QED) is 0.594. The van der Waals surface area contributed by atoms with E-state index in [0.717, 1.165) is 0 Å². The Bertz CT molecular complexity index is 869. The summed E-state index contributed by atoms with van der Waals surface area (Å²) < 4.78 is 5.31. The zero-order chi connectivity index (χ0) is 20.7. The summed E-state index contributed by atoms with van der Waals surface area (Å²) >= 11 is 7.58. The number of amides is 3. The van der Waals surface area contributed by atoms with Crippen molar-refractivity contribution >= 4 is 41.1 Å². The van der Waals surface area contributed by atoms with Gasteiger partial charge >= 0.3 is 0 Å². The van der Waals surface area contributed by atoms with Gasteiger partial charge in [0.15, 0.2) is 0 Å². The van der Waals surface area contributed by atoms with Crippen molar-refractivity contribution in [3.05, 3.63) is 58.0 Å². The van der Waals surface area contributed by atoms with Crippen molar-refractivity contribution in [1.29, 1.82) is 0 Å². The van der Waals surface area contributed by atoms with E-state index in [2.05, 4.69) is 16.2 Å². The Balaban J connectivity index is 2.02. The van der Waals surface area contributed by atoms with E-state index in [1.165, 1.54) is 0 Å². The van der Waals surface area contributed by atoms with Crippen LogP contribution in [0, 0.1) is 13.8 Å². The van der Waals surface area contributed by atoms with Crippen LogP contribution in [0.3, 0.4) is 0 Å². The van der Waals surface area contributed by atoms with Crippen molar-refractivity contribution in [2.45, 2.75) is 26.3 Å². The summed E-state index contributed by atoms with van der Waals surface area (Å²) in [6.07, 6.45) is 2.29. The van der Waals surface area contributed by atoms with Crippen LogP contribution in [0.1, 0.15) is 38.7 Å². The molecule has 28 heavy (non-hydrogen) atoms. The van der Waals surface area contributed by atoms with Crippen LogP contribution in [0.2, 0.25) is 5.02 Å². The first-order valence-corrected chi connectivity index (χ1v) is 10.3. The topological polar surface area (TPSA) is 100 Å². The van der Waals surface area contributed by atoms with Crippen LogP contribution in [0.4, 0.5) is 0 Å². The zero-order valence-electron chi connectivity index (χ0n) is 15.8. The number of carbonyl (C=O) groups excluding carboxylic acids is 3. The number of halogens is 1. The standard InChI is InChI=1S/C19H22ClN3O4S/c1-11-10-14(12(2)27-11)18(25)22-23-19(26)16(8-9-28-3)21-17(24)13-6-4-5-7-15(13)20/h4-7,10,16H,8-9H2,1-3H3,(H,21,24)(H,22,25)(H,23,26)/t16-/m0/s1. The molecule has 0 radical (unpaired) electrons.